The number of nitrogens with one attached hydrogen (secondary N) is 1. The first-order valence-corrected chi connectivity index (χ1v) is 8.98. The number of aliphatic hydroxyl groups is 1. The van der Waals surface area contributed by atoms with E-state index >= 15 is 0 Å². The first-order valence-electron chi connectivity index (χ1n) is 7.84. The molecule has 4 nitrogen and oxygen atoms in total. The van der Waals surface area contributed by atoms with Gasteiger partial charge < -0.3 is 19.9 Å². The smallest absolute Gasteiger partial charge is 0.124 e. The van der Waals surface area contributed by atoms with Gasteiger partial charge in [-0.2, -0.15) is 0 Å². The van der Waals surface area contributed by atoms with Crippen molar-refractivity contribution in [1.29, 1.82) is 0 Å². The molecule has 0 saturated heterocycles. The summed E-state index contributed by atoms with van der Waals surface area (Å²) >= 11 is 18.2. The molecule has 7 heteroatoms. The van der Waals surface area contributed by atoms with E-state index in [1.807, 2.05) is 18.2 Å². The lowest BCUT2D eigenvalue weighted by Gasteiger charge is -2.14. The first kappa shape index (κ1) is 20.3. The largest absolute Gasteiger partial charge is 0.489 e. The van der Waals surface area contributed by atoms with E-state index in [2.05, 4.69) is 5.32 Å². The van der Waals surface area contributed by atoms with Crippen LogP contribution >= 0.6 is 34.8 Å². The van der Waals surface area contributed by atoms with Crippen molar-refractivity contribution in [2.24, 2.45) is 0 Å². The van der Waals surface area contributed by atoms with Crippen LogP contribution in [0, 0.1) is 0 Å². The Morgan fingerprint density at radius 2 is 1.68 bits per heavy atom. The Labute approximate surface area is 162 Å². The maximum Gasteiger partial charge on any atom is 0.124 e. The second-order valence-corrected chi connectivity index (χ2v) is 6.57. The van der Waals surface area contributed by atoms with Crippen molar-refractivity contribution in [3.8, 4) is 5.75 Å². The maximum absolute atomic E-state index is 8.66. The lowest BCUT2D eigenvalue weighted by molar-refractivity contribution is 0.0937. The van der Waals surface area contributed by atoms with Crippen LogP contribution in [-0.4, -0.2) is 31.5 Å². The van der Waals surface area contributed by atoms with Gasteiger partial charge in [-0.1, -0.05) is 40.9 Å². The summed E-state index contributed by atoms with van der Waals surface area (Å²) in [4.78, 5) is 0. The summed E-state index contributed by atoms with van der Waals surface area (Å²) in [6.45, 7) is 2.48. The zero-order valence-electron chi connectivity index (χ0n) is 13.6. The Morgan fingerprint density at radius 3 is 2.44 bits per heavy atom. The van der Waals surface area contributed by atoms with Crippen LogP contribution in [0.3, 0.4) is 0 Å². The van der Waals surface area contributed by atoms with Gasteiger partial charge in [-0.05, 0) is 30.3 Å². The number of benzene rings is 2. The monoisotopic (exact) mass is 403 g/mol. The lowest BCUT2D eigenvalue weighted by Crippen LogP contribution is -2.20. The molecular formula is C18H20Cl3NO3. The highest BCUT2D eigenvalue weighted by atomic mass is 35.5. The second-order valence-electron chi connectivity index (χ2n) is 5.29. The Balaban J connectivity index is 1.93. The Kier molecular flexibility index (Phi) is 8.82. The van der Waals surface area contributed by atoms with Crippen molar-refractivity contribution in [2.45, 2.75) is 13.2 Å². The van der Waals surface area contributed by atoms with E-state index < -0.39 is 0 Å². The van der Waals surface area contributed by atoms with E-state index in [4.69, 9.17) is 49.4 Å². The molecule has 2 N–H and O–H groups in total. The molecule has 0 amide bonds. The van der Waals surface area contributed by atoms with Gasteiger partial charge in [-0.3, -0.25) is 0 Å². The molecule has 2 rings (SSSR count). The topological polar surface area (TPSA) is 50.7 Å². The minimum absolute atomic E-state index is 0.0273. The average Bonchev–Trinajstić information content (AvgIpc) is 2.58. The fourth-order valence-electron chi connectivity index (χ4n) is 2.16. The molecule has 0 radical (unpaired) electrons. The third-order valence-electron chi connectivity index (χ3n) is 3.40. The molecular weight excluding hydrogens is 385 g/mol. The van der Waals surface area contributed by atoms with Gasteiger partial charge in [0.2, 0.25) is 0 Å². The number of ether oxygens (including phenoxy) is 2. The lowest BCUT2D eigenvalue weighted by atomic mass is 10.2. The zero-order chi connectivity index (χ0) is 18.1. The highest BCUT2D eigenvalue weighted by Crippen LogP contribution is 2.26. The Bertz CT molecular complexity index is 683. The molecule has 0 aliphatic rings. The number of aliphatic hydroxyl groups excluding tert-OH is 1. The van der Waals surface area contributed by atoms with Gasteiger partial charge in [0.15, 0.2) is 0 Å². The van der Waals surface area contributed by atoms with E-state index in [-0.39, 0.29) is 6.61 Å². The van der Waals surface area contributed by atoms with Crippen LogP contribution in [0.1, 0.15) is 11.1 Å². The molecule has 0 aliphatic heterocycles. The zero-order valence-corrected chi connectivity index (χ0v) is 15.9. The fourth-order valence-corrected chi connectivity index (χ4v) is 2.81. The summed E-state index contributed by atoms with van der Waals surface area (Å²) < 4.78 is 11.1. The average molecular weight is 405 g/mol. The Hall–Kier alpha value is -1.01. The van der Waals surface area contributed by atoms with Gasteiger partial charge in [-0.15, -0.1) is 0 Å². The predicted octanol–water partition coefficient (Wildman–Crippen LogP) is 4.32. The van der Waals surface area contributed by atoms with Gasteiger partial charge in [0, 0.05) is 39.3 Å². The SMILES string of the molecule is OCCOCCNCc1cc(Cl)ccc1OCc1ccc(Cl)cc1Cl. The van der Waals surface area contributed by atoms with E-state index in [1.54, 1.807) is 18.2 Å². The minimum atomic E-state index is 0.0273. The van der Waals surface area contributed by atoms with E-state index in [1.165, 1.54) is 0 Å². The van der Waals surface area contributed by atoms with Crippen molar-refractivity contribution in [3.05, 3.63) is 62.6 Å². The van der Waals surface area contributed by atoms with Gasteiger partial charge in [0.1, 0.15) is 12.4 Å². The Morgan fingerprint density at radius 1 is 0.920 bits per heavy atom. The predicted molar refractivity (Wildman–Crippen MR) is 102 cm³/mol. The summed E-state index contributed by atoms with van der Waals surface area (Å²) in [6.07, 6.45) is 0. The van der Waals surface area contributed by atoms with Crippen LogP contribution in [0.5, 0.6) is 5.75 Å². The highest BCUT2D eigenvalue weighted by molar-refractivity contribution is 6.35. The molecule has 0 aromatic heterocycles. The van der Waals surface area contributed by atoms with Crippen LogP contribution in [0.25, 0.3) is 0 Å². The summed E-state index contributed by atoms with van der Waals surface area (Å²) in [7, 11) is 0. The van der Waals surface area contributed by atoms with Crippen molar-refractivity contribution in [2.75, 3.05) is 26.4 Å². The molecule has 136 valence electrons. The highest BCUT2D eigenvalue weighted by Gasteiger charge is 2.07. The normalized spacial score (nSPS) is 10.9. The first-order chi connectivity index (χ1) is 12.1. The minimum Gasteiger partial charge on any atom is -0.489 e. The number of hydrogen-bond donors (Lipinski definition) is 2. The molecule has 0 bridgehead atoms. The molecule has 0 unspecified atom stereocenters. The molecule has 0 fully saturated rings. The number of hydrogen-bond acceptors (Lipinski definition) is 4. The second kappa shape index (κ2) is 10.9. The van der Waals surface area contributed by atoms with Gasteiger partial charge >= 0.3 is 0 Å². The van der Waals surface area contributed by atoms with Crippen LogP contribution in [0.2, 0.25) is 15.1 Å². The molecule has 2 aromatic rings. The summed E-state index contributed by atoms with van der Waals surface area (Å²) in [6, 6.07) is 10.8. The molecule has 25 heavy (non-hydrogen) atoms. The summed E-state index contributed by atoms with van der Waals surface area (Å²) in [5.41, 5.74) is 1.80. The number of halogens is 3. The third kappa shape index (κ3) is 7.02. The number of rotatable bonds is 10. The molecule has 0 aliphatic carbocycles. The molecule has 0 heterocycles. The molecule has 2 aromatic carbocycles. The van der Waals surface area contributed by atoms with Crippen molar-refractivity contribution in [1.82, 2.24) is 5.32 Å². The summed E-state index contributed by atoms with van der Waals surface area (Å²) in [5, 5.41) is 13.7. The van der Waals surface area contributed by atoms with Gasteiger partial charge in [-0.25, -0.2) is 0 Å². The fraction of sp³-hybridized carbons (Fsp3) is 0.333. The molecule has 0 saturated carbocycles. The quantitative estimate of drug-likeness (QED) is 0.579. The van der Waals surface area contributed by atoms with Crippen LogP contribution in [0.15, 0.2) is 36.4 Å². The summed E-state index contributed by atoms with van der Waals surface area (Å²) in [5.74, 6) is 0.735. The van der Waals surface area contributed by atoms with Gasteiger partial charge in [0.05, 0.1) is 19.8 Å². The van der Waals surface area contributed by atoms with Crippen molar-refractivity contribution in [3.63, 3.8) is 0 Å². The van der Waals surface area contributed by atoms with Crippen LogP contribution in [-0.2, 0) is 17.9 Å². The van der Waals surface area contributed by atoms with E-state index in [9.17, 15) is 0 Å². The molecule has 0 atom stereocenters. The standard InChI is InChI=1S/C18H20Cl3NO3/c19-15-3-4-18(14(9-15)11-22-5-7-24-8-6-23)25-12-13-1-2-16(20)10-17(13)21/h1-4,9-10,22-23H,5-8,11-12H2. The van der Waals surface area contributed by atoms with Crippen molar-refractivity contribution >= 4 is 34.8 Å². The van der Waals surface area contributed by atoms with Crippen LogP contribution < -0.4 is 10.1 Å². The van der Waals surface area contributed by atoms with Crippen molar-refractivity contribution < 1.29 is 14.6 Å². The molecule has 0 spiro atoms. The maximum atomic E-state index is 8.66. The third-order valence-corrected chi connectivity index (χ3v) is 4.22. The van der Waals surface area contributed by atoms with E-state index in [0.29, 0.717) is 48.0 Å². The van der Waals surface area contributed by atoms with E-state index in [0.717, 1.165) is 16.9 Å². The van der Waals surface area contributed by atoms with Gasteiger partial charge in [0.25, 0.3) is 0 Å². The van der Waals surface area contributed by atoms with Crippen LogP contribution in [0.4, 0.5) is 0 Å².